The molecule has 0 aliphatic rings. The normalized spacial score (nSPS) is 11.2. The SMILES string of the molecule is C/C(=N\NC(=O)Cn1cc([N+](=O)[O-])cn1)c1ccc(OCc2ccccc2F)cc1. The maximum absolute atomic E-state index is 13.6. The lowest BCUT2D eigenvalue weighted by molar-refractivity contribution is -0.385. The molecule has 1 N–H and O–H groups in total. The summed E-state index contributed by atoms with van der Waals surface area (Å²) in [5.74, 6) is -0.228. The number of halogens is 1. The van der Waals surface area contributed by atoms with Gasteiger partial charge in [0, 0.05) is 5.56 Å². The fourth-order valence-electron chi connectivity index (χ4n) is 2.50. The van der Waals surface area contributed by atoms with Gasteiger partial charge in [0.25, 0.3) is 5.91 Å². The third-order valence-electron chi connectivity index (χ3n) is 4.11. The molecule has 30 heavy (non-hydrogen) atoms. The van der Waals surface area contributed by atoms with Crippen molar-refractivity contribution in [2.75, 3.05) is 0 Å². The molecule has 0 spiro atoms. The molecule has 10 heteroatoms. The van der Waals surface area contributed by atoms with E-state index in [4.69, 9.17) is 4.74 Å². The van der Waals surface area contributed by atoms with Crippen LogP contribution in [0.25, 0.3) is 0 Å². The average Bonchev–Trinajstić information content (AvgIpc) is 3.20. The van der Waals surface area contributed by atoms with Crippen molar-refractivity contribution >= 4 is 17.3 Å². The van der Waals surface area contributed by atoms with E-state index in [0.29, 0.717) is 17.0 Å². The predicted octanol–water partition coefficient (Wildman–Crippen LogP) is 3.05. The molecule has 0 aliphatic carbocycles. The Hall–Kier alpha value is -4.08. The number of amides is 1. The number of hydrazone groups is 1. The number of nitrogens with zero attached hydrogens (tertiary/aromatic N) is 4. The smallest absolute Gasteiger partial charge is 0.307 e. The minimum Gasteiger partial charge on any atom is -0.489 e. The molecule has 0 unspecified atom stereocenters. The molecule has 9 nitrogen and oxygen atoms in total. The van der Waals surface area contributed by atoms with Crippen LogP contribution in [0.5, 0.6) is 5.75 Å². The van der Waals surface area contributed by atoms with E-state index >= 15 is 0 Å². The molecule has 0 saturated carbocycles. The molecular weight excluding hydrogens is 393 g/mol. The van der Waals surface area contributed by atoms with Gasteiger partial charge >= 0.3 is 5.69 Å². The summed E-state index contributed by atoms with van der Waals surface area (Å²) in [6.45, 7) is 1.63. The van der Waals surface area contributed by atoms with Crippen LogP contribution >= 0.6 is 0 Å². The van der Waals surface area contributed by atoms with E-state index < -0.39 is 10.8 Å². The first kappa shape index (κ1) is 20.6. The topological polar surface area (TPSA) is 112 Å². The Morgan fingerprint density at radius 1 is 1.27 bits per heavy atom. The predicted molar refractivity (Wildman–Crippen MR) is 106 cm³/mol. The van der Waals surface area contributed by atoms with Crippen LogP contribution in [-0.4, -0.2) is 26.3 Å². The van der Waals surface area contributed by atoms with Gasteiger partial charge in [-0.3, -0.25) is 19.6 Å². The van der Waals surface area contributed by atoms with Gasteiger partial charge in [-0.15, -0.1) is 0 Å². The van der Waals surface area contributed by atoms with Crippen LogP contribution in [-0.2, 0) is 17.9 Å². The molecule has 3 rings (SSSR count). The second-order valence-electron chi connectivity index (χ2n) is 6.29. The van der Waals surface area contributed by atoms with Gasteiger partial charge in [-0.2, -0.15) is 10.2 Å². The van der Waals surface area contributed by atoms with Gasteiger partial charge in [0.05, 0.1) is 10.6 Å². The lowest BCUT2D eigenvalue weighted by Gasteiger charge is -2.08. The standard InChI is InChI=1S/C20H18FN5O4/c1-14(23-24-20(27)12-25-11-17(10-22-25)26(28)29)15-6-8-18(9-7-15)30-13-16-4-2-3-5-19(16)21/h2-11H,12-13H2,1H3,(H,24,27)/b23-14+. The molecule has 0 fully saturated rings. The first-order valence-electron chi connectivity index (χ1n) is 8.89. The number of hydrogen-bond acceptors (Lipinski definition) is 6. The molecule has 1 aromatic heterocycles. The van der Waals surface area contributed by atoms with Gasteiger partial charge in [-0.25, -0.2) is 9.82 Å². The van der Waals surface area contributed by atoms with Crippen LogP contribution in [0.3, 0.4) is 0 Å². The summed E-state index contributed by atoms with van der Waals surface area (Å²) in [6.07, 6.45) is 2.23. The van der Waals surface area contributed by atoms with E-state index in [0.717, 1.165) is 22.6 Å². The van der Waals surface area contributed by atoms with E-state index in [2.05, 4.69) is 15.6 Å². The number of benzene rings is 2. The molecule has 0 aliphatic heterocycles. The highest BCUT2D eigenvalue weighted by Gasteiger charge is 2.11. The number of ether oxygens (including phenoxy) is 1. The highest BCUT2D eigenvalue weighted by molar-refractivity contribution is 5.99. The molecule has 2 aromatic carbocycles. The third-order valence-corrected chi connectivity index (χ3v) is 4.11. The number of nitro groups is 1. The van der Waals surface area contributed by atoms with E-state index in [-0.39, 0.29) is 24.7 Å². The molecule has 154 valence electrons. The summed E-state index contributed by atoms with van der Waals surface area (Å²) in [5, 5.41) is 18.4. The highest BCUT2D eigenvalue weighted by atomic mass is 19.1. The van der Waals surface area contributed by atoms with Gasteiger partial charge in [0.1, 0.15) is 37.1 Å². The first-order valence-corrected chi connectivity index (χ1v) is 8.89. The number of hydrogen-bond donors (Lipinski definition) is 1. The van der Waals surface area contributed by atoms with Crippen LogP contribution in [0.2, 0.25) is 0 Å². The Morgan fingerprint density at radius 2 is 2.00 bits per heavy atom. The molecule has 0 saturated heterocycles. The van der Waals surface area contributed by atoms with E-state index in [1.165, 1.54) is 6.07 Å². The number of carbonyl (C=O) groups is 1. The average molecular weight is 411 g/mol. The van der Waals surface area contributed by atoms with Gasteiger partial charge < -0.3 is 4.74 Å². The van der Waals surface area contributed by atoms with Crippen LogP contribution < -0.4 is 10.2 Å². The van der Waals surface area contributed by atoms with Crippen LogP contribution in [0.1, 0.15) is 18.1 Å². The van der Waals surface area contributed by atoms with Gasteiger partial charge in [-0.05, 0) is 42.8 Å². The van der Waals surface area contributed by atoms with Crippen molar-refractivity contribution in [3.8, 4) is 5.75 Å². The lowest BCUT2D eigenvalue weighted by atomic mass is 10.1. The Kier molecular flexibility index (Phi) is 6.48. The van der Waals surface area contributed by atoms with Crippen molar-refractivity contribution < 1.29 is 18.8 Å². The van der Waals surface area contributed by atoms with E-state index in [1.54, 1.807) is 49.4 Å². The second kappa shape index (κ2) is 9.41. The number of aromatic nitrogens is 2. The van der Waals surface area contributed by atoms with Crippen molar-refractivity contribution in [2.45, 2.75) is 20.1 Å². The van der Waals surface area contributed by atoms with Crippen molar-refractivity contribution in [3.63, 3.8) is 0 Å². The molecule has 0 bridgehead atoms. The van der Waals surface area contributed by atoms with Gasteiger partial charge in [0.15, 0.2) is 0 Å². The summed E-state index contributed by atoms with van der Waals surface area (Å²) in [5.41, 5.74) is 3.95. The van der Waals surface area contributed by atoms with Crippen LogP contribution in [0, 0.1) is 15.9 Å². The number of carbonyl (C=O) groups excluding carboxylic acids is 1. The quantitative estimate of drug-likeness (QED) is 0.348. The van der Waals surface area contributed by atoms with Crippen molar-refractivity contribution in [2.24, 2.45) is 5.10 Å². The van der Waals surface area contributed by atoms with E-state index in [9.17, 15) is 19.3 Å². The van der Waals surface area contributed by atoms with Crippen LogP contribution in [0.15, 0.2) is 66.0 Å². The minimum atomic E-state index is -0.590. The maximum Gasteiger partial charge on any atom is 0.307 e. The fourth-order valence-corrected chi connectivity index (χ4v) is 2.50. The molecule has 1 heterocycles. The lowest BCUT2D eigenvalue weighted by Crippen LogP contribution is -2.24. The molecule has 0 radical (unpaired) electrons. The molecular formula is C20H18FN5O4. The third kappa shape index (κ3) is 5.47. The summed E-state index contributed by atoms with van der Waals surface area (Å²) in [6, 6.07) is 13.4. The summed E-state index contributed by atoms with van der Waals surface area (Å²) >= 11 is 0. The van der Waals surface area contributed by atoms with E-state index in [1.807, 2.05) is 0 Å². The van der Waals surface area contributed by atoms with Crippen molar-refractivity contribution in [1.29, 1.82) is 0 Å². The maximum atomic E-state index is 13.6. The monoisotopic (exact) mass is 411 g/mol. The molecule has 3 aromatic rings. The molecule has 1 amide bonds. The van der Waals surface area contributed by atoms with Crippen molar-refractivity contribution in [1.82, 2.24) is 15.2 Å². The number of nitrogens with one attached hydrogen (secondary N) is 1. The highest BCUT2D eigenvalue weighted by Crippen LogP contribution is 2.16. The molecule has 0 atom stereocenters. The first-order chi connectivity index (χ1) is 14.4. The Labute approximate surface area is 170 Å². The zero-order valence-electron chi connectivity index (χ0n) is 16.0. The Bertz CT molecular complexity index is 1080. The Balaban J connectivity index is 1.53. The summed E-state index contributed by atoms with van der Waals surface area (Å²) in [4.78, 5) is 22.0. The van der Waals surface area contributed by atoms with Crippen molar-refractivity contribution in [3.05, 3.63) is 88.0 Å². The summed E-state index contributed by atoms with van der Waals surface area (Å²) < 4.78 is 20.4. The van der Waals surface area contributed by atoms with Gasteiger partial charge in [0.2, 0.25) is 0 Å². The largest absolute Gasteiger partial charge is 0.489 e. The van der Waals surface area contributed by atoms with Crippen LogP contribution in [0.4, 0.5) is 10.1 Å². The number of rotatable bonds is 8. The second-order valence-corrected chi connectivity index (χ2v) is 6.29. The zero-order valence-corrected chi connectivity index (χ0v) is 16.0. The van der Waals surface area contributed by atoms with Gasteiger partial charge in [-0.1, -0.05) is 18.2 Å². The minimum absolute atomic E-state index is 0.112. The fraction of sp³-hybridized carbons (Fsp3) is 0.150. The summed E-state index contributed by atoms with van der Waals surface area (Å²) in [7, 11) is 0. The zero-order chi connectivity index (χ0) is 21.5. The Morgan fingerprint density at radius 3 is 2.67 bits per heavy atom.